The van der Waals surface area contributed by atoms with E-state index in [0.29, 0.717) is 11.5 Å². The summed E-state index contributed by atoms with van der Waals surface area (Å²) in [7, 11) is 3.19. The zero-order valence-electron chi connectivity index (χ0n) is 13.5. The van der Waals surface area contributed by atoms with E-state index in [9.17, 15) is 9.90 Å². The van der Waals surface area contributed by atoms with E-state index < -0.39 is 11.5 Å². The van der Waals surface area contributed by atoms with E-state index in [-0.39, 0.29) is 6.42 Å². The summed E-state index contributed by atoms with van der Waals surface area (Å²) in [5.74, 6) is 0.523. The van der Waals surface area contributed by atoms with Gasteiger partial charge in [0, 0.05) is 5.56 Å². The summed E-state index contributed by atoms with van der Waals surface area (Å²) in [6, 6.07) is 5.49. The zero-order valence-corrected chi connectivity index (χ0v) is 13.5. The Balaban J connectivity index is 3.46. The van der Waals surface area contributed by atoms with E-state index in [0.717, 1.165) is 18.7 Å². The van der Waals surface area contributed by atoms with Crippen LogP contribution in [0.4, 0.5) is 0 Å². The van der Waals surface area contributed by atoms with Gasteiger partial charge in [-0.1, -0.05) is 13.8 Å². The first-order valence-electron chi connectivity index (χ1n) is 7.12. The van der Waals surface area contributed by atoms with Crippen LogP contribution in [-0.4, -0.2) is 43.3 Å². The van der Waals surface area contributed by atoms with Gasteiger partial charge >= 0.3 is 5.97 Å². The molecular weight excluding hydrogens is 270 g/mol. The first kappa shape index (κ1) is 17.3. The number of rotatable bonds is 8. The van der Waals surface area contributed by atoms with Gasteiger partial charge in [0.1, 0.15) is 11.5 Å². The Morgan fingerprint density at radius 1 is 1.24 bits per heavy atom. The molecular formula is C16H25NO4. The maximum absolute atomic E-state index is 11.4. The van der Waals surface area contributed by atoms with Gasteiger partial charge in [-0.3, -0.25) is 9.69 Å². The van der Waals surface area contributed by atoms with Crippen LogP contribution in [0.25, 0.3) is 0 Å². The van der Waals surface area contributed by atoms with Crippen molar-refractivity contribution in [3.8, 4) is 11.5 Å². The summed E-state index contributed by atoms with van der Waals surface area (Å²) < 4.78 is 10.7. The minimum absolute atomic E-state index is 0.00178. The first-order chi connectivity index (χ1) is 9.92. The van der Waals surface area contributed by atoms with Crippen molar-refractivity contribution < 1.29 is 19.4 Å². The average molecular weight is 295 g/mol. The lowest BCUT2D eigenvalue weighted by molar-refractivity contribution is -0.140. The number of hydrogen-bond acceptors (Lipinski definition) is 4. The van der Waals surface area contributed by atoms with Gasteiger partial charge in [0.05, 0.1) is 26.2 Å². The molecule has 0 aliphatic carbocycles. The van der Waals surface area contributed by atoms with Crippen LogP contribution in [0.15, 0.2) is 18.2 Å². The number of hydrogen-bond donors (Lipinski definition) is 1. The molecule has 5 heteroatoms. The van der Waals surface area contributed by atoms with Crippen LogP contribution >= 0.6 is 0 Å². The molecule has 0 radical (unpaired) electrons. The third-order valence-corrected chi connectivity index (χ3v) is 3.94. The molecule has 1 rings (SSSR count). The predicted octanol–water partition coefficient (Wildman–Crippen LogP) is 2.74. The molecule has 0 saturated heterocycles. The summed E-state index contributed by atoms with van der Waals surface area (Å²) in [6.45, 7) is 7.49. The third-order valence-electron chi connectivity index (χ3n) is 3.94. The third kappa shape index (κ3) is 3.67. The Kier molecular flexibility index (Phi) is 6.03. The lowest BCUT2D eigenvalue weighted by Crippen LogP contribution is -2.45. The lowest BCUT2D eigenvalue weighted by atomic mass is 9.85. The Labute approximate surface area is 126 Å². The van der Waals surface area contributed by atoms with Crippen LogP contribution < -0.4 is 9.47 Å². The molecule has 5 nitrogen and oxygen atoms in total. The summed E-state index contributed by atoms with van der Waals surface area (Å²) >= 11 is 0. The second-order valence-electron chi connectivity index (χ2n) is 5.08. The van der Waals surface area contributed by atoms with Crippen LogP contribution in [0.3, 0.4) is 0 Å². The molecule has 0 aliphatic rings. The normalized spacial score (nSPS) is 13.8. The van der Waals surface area contributed by atoms with Crippen molar-refractivity contribution in [1.29, 1.82) is 0 Å². The smallest absolute Gasteiger partial charge is 0.305 e. The highest BCUT2D eigenvalue weighted by Gasteiger charge is 2.37. The van der Waals surface area contributed by atoms with Gasteiger partial charge in [0.15, 0.2) is 0 Å². The van der Waals surface area contributed by atoms with Crippen LogP contribution in [0.5, 0.6) is 11.5 Å². The molecule has 0 aromatic heterocycles. The number of benzene rings is 1. The van der Waals surface area contributed by atoms with Gasteiger partial charge < -0.3 is 14.6 Å². The molecule has 0 heterocycles. The molecule has 1 aromatic carbocycles. The van der Waals surface area contributed by atoms with E-state index in [1.54, 1.807) is 14.2 Å². The molecule has 0 spiro atoms. The highest BCUT2D eigenvalue weighted by Crippen LogP contribution is 2.39. The van der Waals surface area contributed by atoms with Gasteiger partial charge in [-0.15, -0.1) is 0 Å². The minimum Gasteiger partial charge on any atom is -0.497 e. The van der Waals surface area contributed by atoms with E-state index in [4.69, 9.17) is 9.47 Å². The lowest BCUT2D eigenvalue weighted by Gasteiger charge is -2.40. The Bertz CT molecular complexity index is 485. The second-order valence-corrected chi connectivity index (χ2v) is 5.08. The Morgan fingerprint density at radius 3 is 2.29 bits per heavy atom. The molecule has 0 amide bonds. The van der Waals surface area contributed by atoms with E-state index in [1.807, 2.05) is 39.0 Å². The van der Waals surface area contributed by atoms with E-state index >= 15 is 0 Å². The Morgan fingerprint density at radius 2 is 1.86 bits per heavy atom. The first-order valence-corrected chi connectivity index (χ1v) is 7.12. The topological polar surface area (TPSA) is 59.0 Å². The molecule has 21 heavy (non-hydrogen) atoms. The van der Waals surface area contributed by atoms with Crippen molar-refractivity contribution in [3.63, 3.8) is 0 Å². The number of aliphatic carboxylic acids is 1. The highest BCUT2D eigenvalue weighted by molar-refractivity contribution is 5.69. The maximum Gasteiger partial charge on any atom is 0.305 e. The molecule has 0 bridgehead atoms. The SMILES string of the molecule is CCN(CC)C(C)(CC(=O)O)c1cc(OC)ccc1OC. The van der Waals surface area contributed by atoms with Gasteiger partial charge in [-0.05, 0) is 38.2 Å². The van der Waals surface area contributed by atoms with Crippen LogP contribution in [0.2, 0.25) is 0 Å². The summed E-state index contributed by atoms with van der Waals surface area (Å²) in [6.07, 6.45) is -0.00178. The average Bonchev–Trinajstić information content (AvgIpc) is 2.46. The van der Waals surface area contributed by atoms with Crippen LogP contribution in [0, 0.1) is 0 Å². The van der Waals surface area contributed by atoms with Gasteiger partial charge in [0.25, 0.3) is 0 Å². The maximum atomic E-state index is 11.4. The number of nitrogens with zero attached hydrogens (tertiary/aromatic N) is 1. The largest absolute Gasteiger partial charge is 0.497 e. The van der Waals surface area contributed by atoms with E-state index in [1.165, 1.54) is 0 Å². The Hall–Kier alpha value is -1.75. The molecule has 0 aliphatic heterocycles. The molecule has 1 aromatic rings. The van der Waals surface area contributed by atoms with Crippen LogP contribution in [-0.2, 0) is 10.3 Å². The van der Waals surface area contributed by atoms with E-state index in [2.05, 4.69) is 4.90 Å². The zero-order chi connectivity index (χ0) is 16.0. The number of methoxy groups -OCH3 is 2. The summed E-state index contributed by atoms with van der Waals surface area (Å²) in [4.78, 5) is 13.5. The number of ether oxygens (including phenoxy) is 2. The number of carboxylic acid groups (broad SMARTS) is 1. The molecule has 0 saturated carbocycles. The van der Waals surface area contributed by atoms with Crippen molar-refractivity contribution in [2.45, 2.75) is 32.7 Å². The fourth-order valence-corrected chi connectivity index (χ4v) is 2.83. The fourth-order valence-electron chi connectivity index (χ4n) is 2.83. The molecule has 0 fully saturated rings. The monoisotopic (exact) mass is 295 g/mol. The van der Waals surface area contributed by atoms with Crippen LogP contribution in [0.1, 0.15) is 32.8 Å². The second kappa shape index (κ2) is 7.31. The quantitative estimate of drug-likeness (QED) is 0.799. The number of carbonyl (C=O) groups is 1. The molecule has 118 valence electrons. The predicted molar refractivity (Wildman–Crippen MR) is 82.1 cm³/mol. The standard InChI is InChI=1S/C16H25NO4/c1-6-17(7-2)16(3,11-15(18)19)13-10-12(20-4)8-9-14(13)21-5/h8-10H,6-7,11H2,1-5H3,(H,18,19). The molecule has 1 N–H and O–H groups in total. The van der Waals surface area contributed by atoms with Crippen molar-refractivity contribution in [3.05, 3.63) is 23.8 Å². The van der Waals surface area contributed by atoms with Crippen molar-refractivity contribution >= 4 is 5.97 Å². The highest BCUT2D eigenvalue weighted by atomic mass is 16.5. The van der Waals surface area contributed by atoms with Gasteiger partial charge in [-0.2, -0.15) is 0 Å². The fraction of sp³-hybridized carbons (Fsp3) is 0.562. The van der Waals surface area contributed by atoms with Crippen molar-refractivity contribution in [1.82, 2.24) is 4.90 Å². The number of carboxylic acids is 1. The van der Waals surface area contributed by atoms with Gasteiger partial charge in [0.2, 0.25) is 0 Å². The van der Waals surface area contributed by atoms with Crippen molar-refractivity contribution in [2.24, 2.45) is 0 Å². The summed E-state index contributed by atoms with van der Waals surface area (Å²) in [5.41, 5.74) is 0.172. The minimum atomic E-state index is -0.839. The summed E-state index contributed by atoms with van der Waals surface area (Å²) in [5, 5.41) is 9.34. The van der Waals surface area contributed by atoms with Crippen molar-refractivity contribution in [2.75, 3.05) is 27.3 Å². The molecule has 1 atom stereocenters. The molecule has 1 unspecified atom stereocenters. The van der Waals surface area contributed by atoms with Gasteiger partial charge in [-0.25, -0.2) is 0 Å².